The molecule has 0 aromatic carbocycles. The second-order valence-electron chi connectivity index (χ2n) is 5.38. The predicted octanol–water partition coefficient (Wildman–Crippen LogP) is 2.51. The van der Waals surface area contributed by atoms with Crippen LogP contribution in [0.4, 0.5) is 0 Å². The number of rotatable bonds is 2. The maximum atomic E-state index is 11.7. The third-order valence-corrected chi connectivity index (χ3v) is 3.67. The van der Waals surface area contributed by atoms with Crippen molar-refractivity contribution in [1.82, 2.24) is 5.32 Å². The van der Waals surface area contributed by atoms with E-state index >= 15 is 0 Å². The summed E-state index contributed by atoms with van der Waals surface area (Å²) in [6.07, 6.45) is 7.64. The summed E-state index contributed by atoms with van der Waals surface area (Å²) < 4.78 is 0. The number of carbonyl (C=O) groups is 1. The Labute approximate surface area is 97.7 Å². The fourth-order valence-corrected chi connectivity index (χ4v) is 2.65. The highest BCUT2D eigenvalue weighted by Gasteiger charge is 2.32. The molecule has 1 saturated carbocycles. The van der Waals surface area contributed by atoms with Crippen LogP contribution < -0.4 is 5.32 Å². The van der Waals surface area contributed by atoms with E-state index in [0.717, 1.165) is 5.84 Å². The number of carbonyl (C=O) groups excluding carboxylic acids is 1. The van der Waals surface area contributed by atoms with E-state index in [-0.39, 0.29) is 11.9 Å². The van der Waals surface area contributed by atoms with Gasteiger partial charge in [-0.15, -0.1) is 0 Å². The summed E-state index contributed by atoms with van der Waals surface area (Å²) >= 11 is 0. The van der Waals surface area contributed by atoms with Gasteiger partial charge in [0.15, 0.2) is 0 Å². The van der Waals surface area contributed by atoms with Crippen LogP contribution in [0.2, 0.25) is 0 Å². The van der Waals surface area contributed by atoms with Crippen molar-refractivity contribution in [2.45, 2.75) is 58.4 Å². The molecule has 90 valence electrons. The monoisotopic (exact) mass is 222 g/mol. The van der Waals surface area contributed by atoms with E-state index in [0.29, 0.717) is 11.8 Å². The van der Waals surface area contributed by atoms with Crippen LogP contribution in [-0.2, 0) is 4.79 Å². The lowest BCUT2D eigenvalue weighted by Crippen LogP contribution is -2.34. The summed E-state index contributed by atoms with van der Waals surface area (Å²) in [4.78, 5) is 16.3. The van der Waals surface area contributed by atoms with Crippen LogP contribution in [0.25, 0.3) is 0 Å². The lowest BCUT2D eigenvalue weighted by molar-refractivity contribution is -0.120. The van der Waals surface area contributed by atoms with Crippen LogP contribution in [0.3, 0.4) is 0 Å². The number of hydrogen-bond acceptors (Lipinski definition) is 2. The highest BCUT2D eigenvalue weighted by Crippen LogP contribution is 2.26. The molecule has 0 bridgehead atoms. The standard InChI is InChI=1S/C13H22N2O/c1-9(2)11-13(16)15-12(14-11)10-7-5-3-4-6-8-10/h9-11H,3-8H2,1-2H3,(H,14,15,16). The molecule has 1 aliphatic carbocycles. The highest BCUT2D eigenvalue weighted by atomic mass is 16.2. The molecule has 0 spiro atoms. The average Bonchev–Trinajstić information content (AvgIpc) is 2.50. The van der Waals surface area contributed by atoms with Crippen molar-refractivity contribution in [3.8, 4) is 0 Å². The number of aliphatic imine (C=N–C) groups is 1. The molecule has 0 aromatic rings. The van der Waals surface area contributed by atoms with E-state index < -0.39 is 0 Å². The van der Waals surface area contributed by atoms with Crippen molar-refractivity contribution in [2.75, 3.05) is 0 Å². The first-order valence-electron chi connectivity index (χ1n) is 6.57. The smallest absolute Gasteiger partial charge is 0.250 e. The van der Waals surface area contributed by atoms with Gasteiger partial charge >= 0.3 is 0 Å². The summed E-state index contributed by atoms with van der Waals surface area (Å²) in [6, 6.07) is -0.141. The highest BCUT2D eigenvalue weighted by molar-refractivity contribution is 6.06. The molecule has 2 rings (SSSR count). The lowest BCUT2D eigenvalue weighted by atomic mass is 9.99. The van der Waals surface area contributed by atoms with Crippen molar-refractivity contribution >= 4 is 11.7 Å². The molecule has 1 fully saturated rings. The molecular formula is C13H22N2O. The topological polar surface area (TPSA) is 41.5 Å². The maximum Gasteiger partial charge on any atom is 0.250 e. The Kier molecular flexibility index (Phi) is 3.62. The molecule has 1 heterocycles. The van der Waals surface area contributed by atoms with Gasteiger partial charge in [-0.2, -0.15) is 0 Å². The van der Waals surface area contributed by atoms with E-state index in [2.05, 4.69) is 24.2 Å². The zero-order valence-corrected chi connectivity index (χ0v) is 10.3. The Morgan fingerprint density at radius 1 is 1.19 bits per heavy atom. The predicted molar refractivity (Wildman–Crippen MR) is 65.4 cm³/mol. The molecular weight excluding hydrogens is 200 g/mol. The van der Waals surface area contributed by atoms with Gasteiger partial charge < -0.3 is 5.32 Å². The third kappa shape index (κ3) is 2.45. The van der Waals surface area contributed by atoms with E-state index in [1.165, 1.54) is 38.5 Å². The second kappa shape index (κ2) is 4.98. The van der Waals surface area contributed by atoms with Gasteiger partial charge in [-0.1, -0.05) is 39.5 Å². The van der Waals surface area contributed by atoms with Crippen molar-refractivity contribution in [1.29, 1.82) is 0 Å². The van der Waals surface area contributed by atoms with Crippen molar-refractivity contribution in [3.63, 3.8) is 0 Å². The van der Waals surface area contributed by atoms with Crippen LogP contribution in [0, 0.1) is 11.8 Å². The van der Waals surface area contributed by atoms with Gasteiger partial charge in [-0.25, -0.2) is 0 Å². The molecule has 2 aliphatic rings. The Bertz CT molecular complexity index is 288. The van der Waals surface area contributed by atoms with Crippen molar-refractivity contribution in [3.05, 3.63) is 0 Å². The number of amides is 1. The van der Waals surface area contributed by atoms with Gasteiger partial charge in [0.1, 0.15) is 11.9 Å². The number of hydrogen-bond donors (Lipinski definition) is 1. The van der Waals surface area contributed by atoms with E-state index in [4.69, 9.17) is 0 Å². The van der Waals surface area contributed by atoms with E-state index in [1.54, 1.807) is 0 Å². The van der Waals surface area contributed by atoms with Crippen LogP contribution in [0.15, 0.2) is 4.99 Å². The summed E-state index contributed by atoms with van der Waals surface area (Å²) in [7, 11) is 0. The Morgan fingerprint density at radius 2 is 1.81 bits per heavy atom. The molecule has 3 nitrogen and oxygen atoms in total. The minimum Gasteiger partial charge on any atom is -0.312 e. The van der Waals surface area contributed by atoms with E-state index in [9.17, 15) is 4.79 Å². The Balaban J connectivity index is 2.04. The van der Waals surface area contributed by atoms with Crippen molar-refractivity contribution in [2.24, 2.45) is 16.8 Å². The summed E-state index contributed by atoms with van der Waals surface area (Å²) in [6.45, 7) is 4.12. The maximum absolute atomic E-state index is 11.7. The molecule has 1 unspecified atom stereocenters. The summed E-state index contributed by atoms with van der Waals surface area (Å²) in [5.74, 6) is 1.90. The zero-order chi connectivity index (χ0) is 11.5. The first-order chi connectivity index (χ1) is 7.68. The van der Waals surface area contributed by atoms with Gasteiger partial charge in [0.25, 0.3) is 0 Å². The first-order valence-corrected chi connectivity index (χ1v) is 6.57. The van der Waals surface area contributed by atoms with Gasteiger partial charge in [0, 0.05) is 5.92 Å². The summed E-state index contributed by atoms with van der Waals surface area (Å²) in [5, 5.41) is 2.99. The largest absolute Gasteiger partial charge is 0.312 e. The average molecular weight is 222 g/mol. The minimum absolute atomic E-state index is 0.106. The molecule has 0 saturated heterocycles. The molecule has 1 atom stereocenters. The molecule has 16 heavy (non-hydrogen) atoms. The third-order valence-electron chi connectivity index (χ3n) is 3.67. The minimum atomic E-state index is -0.141. The Morgan fingerprint density at radius 3 is 2.31 bits per heavy atom. The fraction of sp³-hybridized carbons (Fsp3) is 0.846. The molecule has 0 aromatic heterocycles. The first kappa shape index (κ1) is 11.6. The molecule has 1 aliphatic heterocycles. The number of amidine groups is 1. The van der Waals surface area contributed by atoms with Gasteiger partial charge in [0.05, 0.1) is 0 Å². The van der Waals surface area contributed by atoms with Crippen LogP contribution in [-0.4, -0.2) is 17.8 Å². The van der Waals surface area contributed by atoms with Gasteiger partial charge in [-0.05, 0) is 18.8 Å². The molecule has 3 heteroatoms. The van der Waals surface area contributed by atoms with E-state index in [1.807, 2.05) is 0 Å². The second-order valence-corrected chi connectivity index (χ2v) is 5.38. The molecule has 0 radical (unpaired) electrons. The molecule has 1 amide bonds. The fourth-order valence-electron chi connectivity index (χ4n) is 2.65. The van der Waals surface area contributed by atoms with Gasteiger partial charge in [-0.3, -0.25) is 9.79 Å². The molecule has 1 N–H and O–H groups in total. The van der Waals surface area contributed by atoms with Crippen LogP contribution in [0.1, 0.15) is 52.4 Å². The van der Waals surface area contributed by atoms with Gasteiger partial charge in [0.2, 0.25) is 5.91 Å². The zero-order valence-electron chi connectivity index (χ0n) is 10.3. The SMILES string of the molecule is CC(C)C1N=C(C2CCCCCC2)NC1=O. The quantitative estimate of drug-likeness (QED) is 0.717. The Hall–Kier alpha value is -0.860. The number of nitrogens with zero attached hydrogens (tertiary/aromatic N) is 1. The summed E-state index contributed by atoms with van der Waals surface area (Å²) in [5.41, 5.74) is 0. The number of nitrogens with one attached hydrogen (secondary N) is 1. The van der Waals surface area contributed by atoms with Crippen LogP contribution in [0.5, 0.6) is 0 Å². The lowest BCUT2D eigenvalue weighted by Gasteiger charge is -2.13. The van der Waals surface area contributed by atoms with Crippen LogP contribution >= 0.6 is 0 Å². The normalized spacial score (nSPS) is 27.8. The van der Waals surface area contributed by atoms with Crippen molar-refractivity contribution < 1.29 is 4.79 Å².